The fraction of sp³-hybridized carbons (Fsp3) is 0.312. The zero-order valence-electron chi connectivity index (χ0n) is 11.4. The molecule has 4 heteroatoms. The Morgan fingerprint density at radius 2 is 2.10 bits per heavy atom. The molecule has 0 saturated heterocycles. The molecule has 2 aromatic rings. The predicted octanol–water partition coefficient (Wildman–Crippen LogP) is 2.64. The number of fused-ring (bicyclic) bond motifs is 1. The molecule has 20 heavy (non-hydrogen) atoms. The van der Waals surface area contributed by atoms with E-state index in [9.17, 15) is 4.79 Å². The highest BCUT2D eigenvalue weighted by Gasteiger charge is 2.25. The van der Waals surface area contributed by atoms with Gasteiger partial charge in [-0.2, -0.15) is 0 Å². The van der Waals surface area contributed by atoms with Crippen LogP contribution in [-0.4, -0.2) is 11.9 Å². The Labute approximate surface area is 123 Å². The van der Waals surface area contributed by atoms with Crippen LogP contribution in [-0.2, 0) is 17.8 Å². The van der Waals surface area contributed by atoms with Crippen molar-refractivity contribution in [3.63, 3.8) is 0 Å². The molecule has 0 spiro atoms. The highest BCUT2D eigenvalue weighted by Crippen LogP contribution is 2.20. The Morgan fingerprint density at radius 3 is 2.85 bits per heavy atom. The highest BCUT2D eigenvalue weighted by atomic mass is 32.1. The summed E-state index contributed by atoms with van der Waals surface area (Å²) in [7, 11) is 0. The topological polar surface area (TPSA) is 41.1 Å². The van der Waals surface area contributed by atoms with Crippen molar-refractivity contribution in [3.05, 3.63) is 57.8 Å². The standard InChI is InChI=1S/C16H18N2OS/c1-11(15-7-4-8-20-15)18-16(19)14-9-12-5-2-3-6-13(12)10-17-14/h2-8,11,14,17H,9-10H2,1H3,(H,18,19)/t11?,14-/m0/s1. The molecule has 3 rings (SSSR count). The zero-order valence-corrected chi connectivity index (χ0v) is 12.2. The lowest BCUT2D eigenvalue weighted by Gasteiger charge is -2.26. The van der Waals surface area contributed by atoms with Crippen LogP contribution in [0.1, 0.15) is 29.0 Å². The van der Waals surface area contributed by atoms with Crippen LogP contribution in [0.5, 0.6) is 0 Å². The van der Waals surface area contributed by atoms with Crippen molar-refractivity contribution in [3.8, 4) is 0 Å². The molecule has 2 atom stereocenters. The van der Waals surface area contributed by atoms with Crippen LogP contribution in [0.4, 0.5) is 0 Å². The highest BCUT2D eigenvalue weighted by molar-refractivity contribution is 7.10. The summed E-state index contributed by atoms with van der Waals surface area (Å²) in [5.41, 5.74) is 2.57. The number of hydrogen-bond acceptors (Lipinski definition) is 3. The minimum Gasteiger partial charge on any atom is -0.347 e. The van der Waals surface area contributed by atoms with Crippen molar-refractivity contribution < 1.29 is 4.79 Å². The van der Waals surface area contributed by atoms with Gasteiger partial charge in [0.1, 0.15) is 0 Å². The van der Waals surface area contributed by atoms with Gasteiger partial charge < -0.3 is 10.6 Å². The maximum Gasteiger partial charge on any atom is 0.237 e. The quantitative estimate of drug-likeness (QED) is 0.910. The van der Waals surface area contributed by atoms with Gasteiger partial charge in [0.2, 0.25) is 5.91 Å². The molecule has 0 saturated carbocycles. The third-order valence-electron chi connectivity index (χ3n) is 3.73. The first kappa shape index (κ1) is 13.3. The summed E-state index contributed by atoms with van der Waals surface area (Å²) < 4.78 is 0. The van der Waals surface area contributed by atoms with Crippen LogP contribution >= 0.6 is 11.3 Å². The van der Waals surface area contributed by atoms with Gasteiger partial charge in [0.25, 0.3) is 0 Å². The molecule has 1 aromatic heterocycles. The summed E-state index contributed by atoms with van der Waals surface area (Å²) in [6.07, 6.45) is 0.763. The monoisotopic (exact) mass is 286 g/mol. The van der Waals surface area contributed by atoms with E-state index in [4.69, 9.17) is 0 Å². The molecule has 1 unspecified atom stereocenters. The fourth-order valence-corrected chi connectivity index (χ4v) is 3.30. The number of hydrogen-bond donors (Lipinski definition) is 2. The smallest absolute Gasteiger partial charge is 0.237 e. The number of carbonyl (C=O) groups excluding carboxylic acids is 1. The third-order valence-corrected chi connectivity index (χ3v) is 4.78. The number of benzene rings is 1. The second kappa shape index (κ2) is 5.77. The van der Waals surface area contributed by atoms with Crippen LogP contribution in [0.15, 0.2) is 41.8 Å². The van der Waals surface area contributed by atoms with E-state index in [1.54, 1.807) is 11.3 Å². The largest absolute Gasteiger partial charge is 0.347 e. The van der Waals surface area contributed by atoms with Gasteiger partial charge in [-0.1, -0.05) is 30.3 Å². The molecule has 2 heterocycles. The van der Waals surface area contributed by atoms with Crippen molar-refractivity contribution in [2.75, 3.05) is 0 Å². The maximum absolute atomic E-state index is 12.3. The van der Waals surface area contributed by atoms with Gasteiger partial charge in [-0.15, -0.1) is 11.3 Å². The number of amides is 1. The molecule has 0 fully saturated rings. The van der Waals surface area contributed by atoms with E-state index < -0.39 is 0 Å². The average molecular weight is 286 g/mol. The van der Waals surface area contributed by atoms with Crippen molar-refractivity contribution in [1.29, 1.82) is 0 Å². The van der Waals surface area contributed by atoms with Crippen molar-refractivity contribution >= 4 is 17.2 Å². The molecule has 0 radical (unpaired) electrons. The van der Waals surface area contributed by atoms with Gasteiger partial charge in [-0.3, -0.25) is 4.79 Å². The summed E-state index contributed by atoms with van der Waals surface area (Å²) >= 11 is 1.67. The summed E-state index contributed by atoms with van der Waals surface area (Å²) in [6.45, 7) is 2.79. The normalized spacial score (nSPS) is 19.1. The van der Waals surface area contributed by atoms with E-state index in [1.807, 2.05) is 30.5 Å². The van der Waals surface area contributed by atoms with Gasteiger partial charge in [-0.05, 0) is 35.9 Å². The van der Waals surface area contributed by atoms with E-state index in [0.717, 1.165) is 13.0 Å². The average Bonchev–Trinajstić information content (AvgIpc) is 3.01. The lowest BCUT2D eigenvalue weighted by Crippen LogP contribution is -2.48. The first-order valence-corrected chi connectivity index (χ1v) is 7.76. The van der Waals surface area contributed by atoms with Crippen LogP contribution in [0.25, 0.3) is 0 Å². The summed E-state index contributed by atoms with van der Waals surface area (Å²) in [6, 6.07) is 12.3. The minimum absolute atomic E-state index is 0.0708. The number of nitrogens with one attached hydrogen (secondary N) is 2. The van der Waals surface area contributed by atoms with Gasteiger partial charge >= 0.3 is 0 Å². The van der Waals surface area contributed by atoms with Gasteiger partial charge in [0, 0.05) is 11.4 Å². The Morgan fingerprint density at radius 1 is 1.30 bits per heavy atom. The first-order valence-electron chi connectivity index (χ1n) is 6.88. The predicted molar refractivity (Wildman–Crippen MR) is 81.7 cm³/mol. The maximum atomic E-state index is 12.3. The number of rotatable bonds is 3. The molecule has 2 N–H and O–H groups in total. The molecular formula is C16H18N2OS. The van der Waals surface area contributed by atoms with Crippen LogP contribution < -0.4 is 10.6 Å². The van der Waals surface area contributed by atoms with Crippen molar-refractivity contribution in [1.82, 2.24) is 10.6 Å². The molecule has 0 bridgehead atoms. The van der Waals surface area contributed by atoms with Gasteiger partial charge in [0.05, 0.1) is 12.1 Å². The van der Waals surface area contributed by atoms with E-state index in [0.29, 0.717) is 0 Å². The molecule has 0 aliphatic carbocycles. The van der Waals surface area contributed by atoms with Gasteiger partial charge in [-0.25, -0.2) is 0 Å². The Kier molecular flexibility index (Phi) is 3.85. The first-order chi connectivity index (χ1) is 9.74. The molecule has 1 aliphatic heterocycles. The molecular weight excluding hydrogens is 268 g/mol. The molecule has 1 aliphatic rings. The van der Waals surface area contributed by atoms with Crippen LogP contribution in [0, 0.1) is 0 Å². The Bertz CT molecular complexity index is 594. The second-order valence-corrected chi connectivity index (χ2v) is 6.13. The minimum atomic E-state index is -0.132. The van der Waals surface area contributed by atoms with Crippen LogP contribution in [0.2, 0.25) is 0 Å². The van der Waals surface area contributed by atoms with Crippen molar-refractivity contribution in [2.24, 2.45) is 0 Å². The lowest BCUT2D eigenvalue weighted by atomic mass is 9.95. The van der Waals surface area contributed by atoms with E-state index >= 15 is 0 Å². The molecule has 1 aromatic carbocycles. The molecule has 3 nitrogen and oxygen atoms in total. The van der Waals surface area contributed by atoms with E-state index in [1.165, 1.54) is 16.0 Å². The molecule has 104 valence electrons. The zero-order chi connectivity index (χ0) is 13.9. The SMILES string of the molecule is CC(NC(=O)[C@@H]1Cc2ccccc2CN1)c1cccs1. The molecule has 1 amide bonds. The van der Waals surface area contributed by atoms with Crippen molar-refractivity contribution in [2.45, 2.75) is 32.0 Å². The van der Waals surface area contributed by atoms with Gasteiger partial charge in [0.15, 0.2) is 0 Å². The Hall–Kier alpha value is -1.65. The number of thiophene rings is 1. The Balaban J connectivity index is 1.64. The third kappa shape index (κ3) is 2.76. The summed E-state index contributed by atoms with van der Waals surface area (Å²) in [5.74, 6) is 0.0837. The fourth-order valence-electron chi connectivity index (χ4n) is 2.56. The summed E-state index contributed by atoms with van der Waals surface area (Å²) in [5, 5.41) is 8.44. The van der Waals surface area contributed by atoms with E-state index in [-0.39, 0.29) is 18.0 Å². The number of carbonyl (C=O) groups is 1. The van der Waals surface area contributed by atoms with Crippen LogP contribution in [0.3, 0.4) is 0 Å². The van der Waals surface area contributed by atoms with E-state index in [2.05, 4.69) is 28.8 Å². The summed E-state index contributed by atoms with van der Waals surface area (Å²) in [4.78, 5) is 13.5. The second-order valence-electron chi connectivity index (χ2n) is 5.15. The lowest BCUT2D eigenvalue weighted by molar-refractivity contribution is -0.123.